The summed E-state index contributed by atoms with van der Waals surface area (Å²) in [5.74, 6) is -0.179. The number of rotatable bonds is 10. The topological polar surface area (TPSA) is 91.4 Å². The van der Waals surface area contributed by atoms with Crippen LogP contribution in [0.25, 0.3) is 0 Å². The van der Waals surface area contributed by atoms with Gasteiger partial charge in [-0.05, 0) is 80.1 Å². The standard InChI is InChI=1S/C32H37ClN4O3/c1-22-10-8-13-27(23(22)2)37(30(39)16-9-15-29(38)36-28-14-6-7-21-34-28)31(24-17-19-25(33)20-18-24)32(40)35-26-11-4-3-5-12-26/h6-8,10,13-14,17-21,26,31H,3-5,9,11-12,15-16H2,1-2H3,(H,35,40)(H,34,36,38)/t31-/m0/s1. The predicted molar refractivity (Wildman–Crippen MR) is 159 cm³/mol. The van der Waals surface area contributed by atoms with Gasteiger partial charge < -0.3 is 10.6 Å². The molecule has 1 heterocycles. The summed E-state index contributed by atoms with van der Waals surface area (Å²) in [5.41, 5.74) is 3.31. The normalized spacial score (nSPS) is 14.3. The van der Waals surface area contributed by atoms with Crippen LogP contribution in [-0.2, 0) is 14.4 Å². The summed E-state index contributed by atoms with van der Waals surface area (Å²) in [6, 6.07) is 17.4. The van der Waals surface area contributed by atoms with E-state index in [4.69, 9.17) is 11.6 Å². The van der Waals surface area contributed by atoms with Gasteiger partial charge in [0.25, 0.3) is 0 Å². The van der Waals surface area contributed by atoms with Gasteiger partial charge in [-0.1, -0.05) is 61.2 Å². The number of anilines is 2. The lowest BCUT2D eigenvalue weighted by atomic mass is 9.94. The number of hydrogen-bond acceptors (Lipinski definition) is 4. The summed E-state index contributed by atoms with van der Waals surface area (Å²) < 4.78 is 0. The highest BCUT2D eigenvalue weighted by molar-refractivity contribution is 6.30. The van der Waals surface area contributed by atoms with Crippen LogP contribution in [0.3, 0.4) is 0 Å². The largest absolute Gasteiger partial charge is 0.351 e. The zero-order valence-corrected chi connectivity index (χ0v) is 23.9. The zero-order valence-electron chi connectivity index (χ0n) is 23.2. The number of halogens is 1. The minimum absolute atomic E-state index is 0.0851. The fraction of sp³-hybridized carbons (Fsp3) is 0.375. The Kier molecular flexibility index (Phi) is 10.3. The molecule has 2 aromatic carbocycles. The van der Waals surface area contributed by atoms with E-state index in [2.05, 4.69) is 15.6 Å². The Morgan fingerprint density at radius 1 is 0.950 bits per heavy atom. The molecule has 0 radical (unpaired) electrons. The smallest absolute Gasteiger partial charge is 0.248 e. The van der Waals surface area contributed by atoms with Gasteiger partial charge in [-0.25, -0.2) is 4.98 Å². The first-order valence-corrected chi connectivity index (χ1v) is 14.4. The van der Waals surface area contributed by atoms with Gasteiger partial charge in [0.1, 0.15) is 11.9 Å². The second-order valence-electron chi connectivity index (χ2n) is 10.4. The van der Waals surface area contributed by atoms with E-state index in [1.54, 1.807) is 53.6 Å². The van der Waals surface area contributed by atoms with Crippen molar-refractivity contribution in [3.63, 3.8) is 0 Å². The third-order valence-corrected chi connectivity index (χ3v) is 7.73. The summed E-state index contributed by atoms with van der Waals surface area (Å²) in [5, 5.41) is 6.55. The van der Waals surface area contributed by atoms with E-state index >= 15 is 0 Å². The van der Waals surface area contributed by atoms with E-state index in [0.717, 1.165) is 36.8 Å². The molecule has 3 amide bonds. The Bertz CT molecular complexity index is 1310. The van der Waals surface area contributed by atoms with Gasteiger partial charge in [-0.2, -0.15) is 0 Å². The fourth-order valence-electron chi connectivity index (χ4n) is 5.17. The van der Waals surface area contributed by atoms with E-state index in [1.165, 1.54) is 6.42 Å². The Labute approximate surface area is 241 Å². The Morgan fingerprint density at radius 2 is 1.70 bits per heavy atom. The number of aryl methyl sites for hydroxylation is 1. The fourth-order valence-corrected chi connectivity index (χ4v) is 5.29. The van der Waals surface area contributed by atoms with Crippen molar-refractivity contribution in [1.29, 1.82) is 0 Å². The molecule has 1 aromatic heterocycles. The highest BCUT2D eigenvalue weighted by atomic mass is 35.5. The Balaban J connectivity index is 1.61. The quantitative estimate of drug-likeness (QED) is 0.289. The third kappa shape index (κ3) is 7.69. The van der Waals surface area contributed by atoms with Gasteiger partial charge in [-0.3, -0.25) is 19.3 Å². The minimum atomic E-state index is -0.880. The summed E-state index contributed by atoms with van der Waals surface area (Å²) in [6.07, 6.45) is 7.39. The summed E-state index contributed by atoms with van der Waals surface area (Å²) in [6.45, 7) is 3.95. The molecule has 0 aliphatic heterocycles. The average molecular weight is 561 g/mol. The molecule has 7 nitrogen and oxygen atoms in total. The van der Waals surface area contributed by atoms with Gasteiger partial charge in [0.05, 0.1) is 0 Å². The van der Waals surface area contributed by atoms with Crippen LogP contribution in [0.1, 0.15) is 74.1 Å². The van der Waals surface area contributed by atoms with Crippen molar-refractivity contribution in [3.05, 3.63) is 88.6 Å². The van der Waals surface area contributed by atoms with E-state index in [1.807, 2.05) is 32.0 Å². The van der Waals surface area contributed by atoms with Crippen molar-refractivity contribution < 1.29 is 14.4 Å². The molecule has 8 heteroatoms. The maximum Gasteiger partial charge on any atom is 0.248 e. The number of hydrogen-bond donors (Lipinski definition) is 2. The van der Waals surface area contributed by atoms with Crippen molar-refractivity contribution in [2.24, 2.45) is 0 Å². The number of aromatic nitrogens is 1. The van der Waals surface area contributed by atoms with E-state index < -0.39 is 6.04 Å². The molecule has 1 aliphatic carbocycles. The Morgan fingerprint density at radius 3 is 2.40 bits per heavy atom. The average Bonchev–Trinajstić information content (AvgIpc) is 2.95. The maximum atomic E-state index is 14.0. The first kappa shape index (κ1) is 29.3. The molecule has 1 aliphatic rings. The lowest BCUT2D eigenvalue weighted by Gasteiger charge is -2.34. The third-order valence-electron chi connectivity index (χ3n) is 7.47. The molecule has 0 saturated heterocycles. The number of carbonyl (C=O) groups is 3. The van der Waals surface area contributed by atoms with Crippen LogP contribution in [0.4, 0.5) is 11.5 Å². The molecule has 1 atom stereocenters. The molecule has 2 N–H and O–H groups in total. The van der Waals surface area contributed by atoms with Crippen molar-refractivity contribution in [3.8, 4) is 0 Å². The molecule has 1 fully saturated rings. The molecule has 1 saturated carbocycles. The van der Waals surface area contributed by atoms with E-state index in [9.17, 15) is 14.4 Å². The summed E-state index contributed by atoms with van der Waals surface area (Å²) >= 11 is 6.19. The van der Waals surface area contributed by atoms with Crippen LogP contribution < -0.4 is 15.5 Å². The van der Waals surface area contributed by atoms with Gasteiger partial charge in [0.2, 0.25) is 17.7 Å². The van der Waals surface area contributed by atoms with Crippen molar-refractivity contribution in [1.82, 2.24) is 10.3 Å². The molecule has 4 rings (SSSR count). The highest BCUT2D eigenvalue weighted by Gasteiger charge is 2.34. The molecule has 3 aromatic rings. The van der Waals surface area contributed by atoms with Gasteiger partial charge in [0.15, 0.2) is 0 Å². The molecule has 0 unspecified atom stereocenters. The number of nitrogens with one attached hydrogen (secondary N) is 2. The number of nitrogens with zero attached hydrogens (tertiary/aromatic N) is 2. The summed E-state index contributed by atoms with van der Waals surface area (Å²) in [7, 11) is 0. The van der Waals surface area contributed by atoms with Crippen LogP contribution in [0.15, 0.2) is 66.9 Å². The van der Waals surface area contributed by atoms with Crippen molar-refractivity contribution in [2.45, 2.75) is 77.3 Å². The lowest BCUT2D eigenvalue weighted by molar-refractivity contribution is -0.127. The van der Waals surface area contributed by atoms with Crippen molar-refractivity contribution >= 4 is 40.8 Å². The van der Waals surface area contributed by atoms with Gasteiger partial charge in [-0.15, -0.1) is 0 Å². The molecule has 0 spiro atoms. The van der Waals surface area contributed by atoms with Gasteiger partial charge in [0, 0.05) is 35.8 Å². The monoisotopic (exact) mass is 560 g/mol. The van der Waals surface area contributed by atoms with Crippen LogP contribution in [0.2, 0.25) is 5.02 Å². The zero-order chi connectivity index (χ0) is 28.5. The molecule has 210 valence electrons. The van der Waals surface area contributed by atoms with Crippen LogP contribution in [0, 0.1) is 13.8 Å². The van der Waals surface area contributed by atoms with E-state index in [-0.39, 0.29) is 36.6 Å². The van der Waals surface area contributed by atoms with Crippen LogP contribution in [-0.4, -0.2) is 28.7 Å². The predicted octanol–water partition coefficient (Wildman–Crippen LogP) is 6.68. The van der Waals surface area contributed by atoms with Crippen LogP contribution >= 0.6 is 11.6 Å². The SMILES string of the molecule is Cc1cccc(N(C(=O)CCCC(=O)Nc2ccccn2)[C@H](C(=O)NC2CCCCC2)c2ccc(Cl)cc2)c1C. The highest BCUT2D eigenvalue weighted by Crippen LogP contribution is 2.34. The molecule has 40 heavy (non-hydrogen) atoms. The summed E-state index contributed by atoms with van der Waals surface area (Å²) in [4.78, 5) is 46.2. The number of amides is 3. The Hall–Kier alpha value is -3.71. The number of pyridine rings is 1. The molecule has 0 bridgehead atoms. The van der Waals surface area contributed by atoms with Crippen molar-refractivity contribution in [2.75, 3.05) is 10.2 Å². The first-order chi connectivity index (χ1) is 19.3. The molecular weight excluding hydrogens is 524 g/mol. The molecular formula is C32H37ClN4O3. The second kappa shape index (κ2) is 14.1. The van der Waals surface area contributed by atoms with E-state index in [0.29, 0.717) is 28.5 Å². The number of carbonyl (C=O) groups excluding carboxylic acids is 3. The first-order valence-electron chi connectivity index (χ1n) is 14.0. The lowest BCUT2D eigenvalue weighted by Crippen LogP contribution is -2.47. The van der Waals surface area contributed by atoms with Gasteiger partial charge >= 0.3 is 0 Å². The van der Waals surface area contributed by atoms with Crippen LogP contribution in [0.5, 0.6) is 0 Å². The maximum absolute atomic E-state index is 14.0. The minimum Gasteiger partial charge on any atom is -0.351 e. The second-order valence-corrected chi connectivity index (χ2v) is 10.8. The number of benzene rings is 2.